The van der Waals surface area contributed by atoms with Gasteiger partial charge in [0.1, 0.15) is 0 Å². The lowest BCUT2D eigenvalue weighted by molar-refractivity contribution is 0.0195. The first kappa shape index (κ1) is 15.3. The van der Waals surface area contributed by atoms with Gasteiger partial charge in [-0.3, -0.25) is 4.79 Å². The predicted octanol–water partition coefficient (Wildman–Crippen LogP) is 2.62. The van der Waals surface area contributed by atoms with E-state index in [1.165, 1.54) is 12.8 Å². The summed E-state index contributed by atoms with van der Waals surface area (Å²) in [6.07, 6.45) is 5.66. The van der Waals surface area contributed by atoms with Crippen LogP contribution in [0.1, 0.15) is 48.0 Å². The monoisotopic (exact) mass is 296 g/mol. The second-order valence-corrected chi connectivity index (χ2v) is 5.73. The van der Waals surface area contributed by atoms with Gasteiger partial charge in [0, 0.05) is 16.6 Å². The van der Waals surface area contributed by atoms with Gasteiger partial charge in [-0.25, -0.2) is 0 Å². The molecule has 2 rings (SSSR count). The van der Waals surface area contributed by atoms with Crippen molar-refractivity contribution < 1.29 is 9.53 Å². The Labute approximate surface area is 124 Å². The first-order chi connectivity index (χ1) is 9.58. The van der Waals surface area contributed by atoms with E-state index in [0.717, 1.165) is 24.8 Å². The predicted molar refractivity (Wildman–Crippen MR) is 79.6 cm³/mol. The number of benzene rings is 1. The molecule has 0 spiro atoms. The molecule has 4 nitrogen and oxygen atoms in total. The van der Waals surface area contributed by atoms with Crippen LogP contribution in [0, 0.1) is 0 Å². The maximum Gasteiger partial charge on any atom is 0.248 e. The van der Waals surface area contributed by atoms with E-state index in [0.29, 0.717) is 17.2 Å². The number of carbonyl (C=O) groups excluding carboxylic acids is 1. The van der Waals surface area contributed by atoms with Gasteiger partial charge in [0.2, 0.25) is 5.91 Å². The van der Waals surface area contributed by atoms with Gasteiger partial charge in [0.15, 0.2) is 0 Å². The number of amides is 1. The number of hydrogen-bond acceptors (Lipinski definition) is 3. The summed E-state index contributed by atoms with van der Waals surface area (Å²) in [4.78, 5) is 11.1. The number of carbonyl (C=O) groups is 1. The fraction of sp³-hybridized carbons (Fsp3) is 0.533. The Kier molecular flexibility index (Phi) is 5.40. The van der Waals surface area contributed by atoms with Gasteiger partial charge in [0.05, 0.1) is 12.7 Å². The molecule has 0 bridgehead atoms. The topological polar surface area (TPSA) is 78.3 Å². The summed E-state index contributed by atoms with van der Waals surface area (Å²) in [7, 11) is 0. The summed E-state index contributed by atoms with van der Waals surface area (Å²) in [6, 6.07) is 5.13. The van der Waals surface area contributed by atoms with Crippen molar-refractivity contribution in [3.05, 3.63) is 34.3 Å². The summed E-state index contributed by atoms with van der Waals surface area (Å²) in [5.74, 6) is -0.481. The van der Waals surface area contributed by atoms with E-state index >= 15 is 0 Å². The molecule has 0 radical (unpaired) electrons. The van der Waals surface area contributed by atoms with E-state index in [-0.39, 0.29) is 12.1 Å². The standard InChI is InChI=1S/C15H21ClN2O2/c16-12-8-10(15(18)19)6-7-11(12)9-20-14-5-3-1-2-4-13(14)17/h6-8,13-14H,1-5,9,17H2,(H2,18,19). The van der Waals surface area contributed by atoms with E-state index in [4.69, 9.17) is 27.8 Å². The highest BCUT2D eigenvalue weighted by atomic mass is 35.5. The van der Waals surface area contributed by atoms with Crippen molar-refractivity contribution in [2.45, 2.75) is 50.9 Å². The molecule has 2 atom stereocenters. The van der Waals surface area contributed by atoms with Gasteiger partial charge in [0.25, 0.3) is 0 Å². The first-order valence-corrected chi connectivity index (χ1v) is 7.41. The molecule has 110 valence electrons. The zero-order chi connectivity index (χ0) is 14.5. The van der Waals surface area contributed by atoms with Gasteiger partial charge in [-0.1, -0.05) is 36.9 Å². The minimum absolute atomic E-state index is 0.0874. The Morgan fingerprint density at radius 2 is 2.05 bits per heavy atom. The number of rotatable bonds is 4. The second-order valence-electron chi connectivity index (χ2n) is 5.32. The van der Waals surface area contributed by atoms with Crippen LogP contribution in [0.5, 0.6) is 0 Å². The Hall–Kier alpha value is -1.10. The van der Waals surface area contributed by atoms with Crippen LogP contribution in [0.15, 0.2) is 18.2 Å². The molecule has 1 amide bonds. The SMILES string of the molecule is NC(=O)c1ccc(COC2CCCCCC2N)c(Cl)c1. The maximum atomic E-state index is 11.1. The molecule has 1 saturated carbocycles. The average Bonchev–Trinajstić information content (AvgIpc) is 2.62. The van der Waals surface area contributed by atoms with Crippen molar-refractivity contribution in [1.82, 2.24) is 0 Å². The highest BCUT2D eigenvalue weighted by Gasteiger charge is 2.21. The highest BCUT2D eigenvalue weighted by Crippen LogP contribution is 2.23. The van der Waals surface area contributed by atoms with Crippen LogP contribution in [0.25, 0.3) is 0 Å². The van der Waals surface area contributed by atoms with E-state index < -0.39 is 5.91 Å². The van der Waals surface area contributed by atoms with Crippen molar-refractivity contribution in [2.24, 2.45) is 11.5 Å². The zero-order valence-electron chi connectivity index (χ0n) is 11.5. The number of primary amides is 1. The summed E-state index contributed by atoms with van der Waals surface area (Å²) >= 11 is 6.14. The lowest BCUT2D eigenvalue weighted by Crippen LogP contribution is -2.35. The second kappa shape index (κ2) is 7.07. The quantitative estimate of drug-likeness (QED) is 0.838. The first-order valence-electron chi connectivity index (χ1n) is 7.03. The lowest BCUT2D eigenvalue weighted by Gasteiger charge is -2.22. The van der Waals surface area contributed by atoms with Gasteiger partial charge < -0.3 is 16.2 Å². The molecule has 0 aromatic heterocycles. The Morgan fingerprint density at radius 3 is 2.75 bits per heavy atom. The lowest BCUT2D eigenvalue weighted by atomic mass is 10.1. The smallest absolute Gasteiger partial charge is 0.248 e. The third-order valence-corrected chi connectivity index (χ3v) is 4.15. The van der Waals surface area contributed by atoms with E-state index in [1.54, 1.807) is 18.2 Å². The van der Waals surface area contributed by atoms with Crippen LogP contribution in [0.4, 0.5) is 0 Å². The molecule has 2 unspecified atom stereocenters. The van der Waals surface area contributed by atoms with Crippen LogP contribution in [-0.4, -0.2) is 18.1 Å². The summed E-state index contributed by atoms with van der Waals surface area (Å²) in [6.45, 7) is 0.413. The molecular weight excluding hydrogens is 276 g/mol. The molecule has 1 aliphatic carbocycles. The third kappa shape index (κ3) is 3.95. The molecule has 5 heteroatoms. The fourth-order valence-electron chi connectivity index (χ4n) is 2.52. The molecule has 0 aliphatic heterocycles. The van der Waals surface area contributed by atoms with Gasteiger partial charge in [-0.05, 0) is 30.5 Å². The normalized spacial score (nSPS) is 23.3. The largest absolute Gasteiger partial charge is 0.372 e. The fourth-order valence-corrected chi connectivity index (χ4v) is 2.76. The van der Waals surface area contributed by atoms with Crippen molar-refractivity contribution in [2.75, 3.05) is 0 Å². The Bertz CT molecular complexity index is 479. The summed E-state index contributed by atoms with van der Waals surface area (Å²) < 4.78 is 5.92. The molecule has 0 heterocycles. The van der Waals surface area contributed by atoms with E-state index in [9.17, 15) is 4.79 Å². The molecule has 1 fully saturated rings. The molecule has 20 heavy (non-hydrogen) atoms. The summed E-state index contributed by atoms with van der Waals surface area (Å²) in [5.41, 5.74) is 12.6. The zero-order valence-corrected chi connectivity index (χ0v) is 12.2. The van der Waals surface area contributed by atoms with E-state index in [2.05, 4.69) is 0 Å². The van der Waals surface area contributed by atoms with Crippen LogP contribution < -0.4 is 11.5 Å². The molecule has 1 aromatic carbocycles. The average molecular weight is 297 g/mol. The van der Waals surface area contributed by atoms with E-state index in [1.807, 2.05) is 0 Å². The number of nitrogens with two attached hydrogens (primary N) is 2. The molecular formula is C15H21ClN2O2. The Balaban J connectivity index is 1.97. The third-order valence-electron chi connectivity index (χ3n) is 3.79. The molecule has 1 aliphatic rings. The summed E-state index contributed by atoms with van der Waals surface area (Å²) in [5, 5.41) is 0.503. The van der Waals surface area contributed by atoms with Crippen molar-refractivity contribution in [3.8, 4) is 0 Å². The Morgan fingerprint density at radius 1 is 1.30 bits per heavy atom. The van der Waals surface area contributed by atoms with Gasteiger partial charge in [-0.2, -0.15) is 0 Å². The van der Waals surface area contributed by atoms with Crippen LogP contribution in [-0.2, 0) is 11.3 Å². The highest BCUT2D eigenvalue weighted by molar-refractivity contribution is 6.31. The molecule has 1 aromatic rings. The minimum Gasteiger partial charge on any atom is -0.372 e. The minimum atomic E-state index is -0.481. The van der Waals surface area contributed by atoms with Crippen molar-refractivity contribution in [3.63, 3.8) is 0 Å². The van der Waals surface area contributed by atoms with Crippen LogP contribution in [0.2, 0.25) is 5.02 Å². The van der Waals surface area contributed by atoms with Gasteiger partial charge >= 0.3 is 0 Å². The number of hydrogen-bond donors (Lipinski definition) is 2. The van der Waals surface area contributed by atoms with Crippen LogP contribution >= 0.6 is 11.6 Å². The van der Waals surface area contributed by atoms with Crippen molar-refractivity contribution >= 4 is 17.5 Å². The van der Waals surface area contributed by atoms with Gasteiger partial charge in [-0.15, -0.1) is 0 Å². The number of halogens is 1. The number of ether oxygens (including phenoxy) is 1. The van der Waals surface area contributed by atoms with Crippen LogP contribution in [0.3, 0.4) is 0 Å². The molecule has 4 N–H and O–H groups in total. The molecule has 0 saturated heterocycles. The van der Waals surface area contributed by atoms with Crippen molar-refractivity contribution in [1.29, 1.82) is 0 Å². The maximum absolute atomic E-state index is 11.1.